The van der Waals surface area contributed by atoms with Crippen LogP contribution in [0.25, 0.3) is 0 Å². The molecule has 0 saturated heterocycles. The molecule has 0 bridgehead atoms. The monoisotopic (exact) mass is 409 g/mol. The van der Waals surface area contributed by atoms with Crippen LogP contribution in [0.15, 0.2) is 24.3 Å². The van der Waals surface area contributed by atoms with E-state index in [0.717, 1.165) is 80.7 Å². The number of aryl methyl sites for hydroxylation is 2. The van der Waals surface area contributed by atoms with Gasteiger partial charge < -0.3 is 15.2 Å². The van der Waals surface area contributed by atoms with Crippen molar-refractivity contribution in [3.8, 4) is 5.88 Å². The minimum atomic E-state index is -0.768. The summed E-state index contributed by atoms with van der Waals surface area (Å²) in [6.45, 7) is 1.69. The number of rotatable bonds is 10. The van der Waals surface area contributed by atoms with Crippen molar-refractivity contribution in [1.29, 1.82) is 0 Å². The molecular weight excluding hydrogens is 378 g/mol. The van der Waals surface area contributed by atoms with Gasteiger partial charge in [-0.15, -0.1) is 0 Å². The van der Waals surface area contributed by atoms with Crippen LogP contribution in [-0.4, -0.2) is 34.2 Å². The van der Waals surface area contributed by atoms with Crippen LogP contribution in [0.4, 0.5) is 5.82 Å². The number of aromatic nitrogens is 2. The molecule has 6 nitrogen and oxygen atoms in total. The SMILES string of the molecule is O=C(O)CC(CCCCCCc1ccc2c(n1)NCCC2)c1ccc2c(n1)OCC2. The molecule has 6 heteroatoms. The summed E-state index contributed by atoms with van der Waals surface area (Å²) in [7, 11) is 0. The van der Waals surface area contributed by atoms with Crippen LogP contribution in [0.3, 0.4) is 0 Å². The van der Waals surface area contributed by atoms with Crippen LogP contribution < -0.4 is 10.1 Å². The number of carboxylic acid groups (broad SMARTS) is 1. The number of fused-ring (bicyclic) bond motifs is 2. The Hall–Kier alpha value is -2.63. The molecular formula is C24H31N3O3. The third kappa shape index (κ3) is 5.29. The van der Waals surface area contributed by atoms with Crippen LogP contribution in [0, 0.1) is 0 Å². The van der Waals surface area contributed by atoms with Crippen molar-refractivity contribution in [3.63, 3.8) is 0 Å². The molecule has 2 aliphatic heterocycles. The molecule has 4 rings (SSSR count). The summed E-state index contributed by atoms with van der Waals surface area (Å²) in [6, 6.07) is 8.40. The van der Waals surface area contributed by atoms with Gasteiger partial charge in [-0.05, 0) is 49.8 Å². The maximum absolute atomic E-state index is 11.3. The summed E-state index contributed by atoms with van der Waals surface area (Å²) in [5, 5.41) is 12.7. The van der Waals surface area contributed by atoms with Gasteiger partial charge in [0.2, 0.25) is 5.88 Å². The normalized spacial score (nSPS) is 15.6. The molecule has 2 aliphatic rings. The number of aliphatic carboxylic acids is 1. The highest BCUT2D eigenvalue weighted by atomic mass is 16.5. The number of ether oxygens (including phenoxy) is 1. The van der Waals surface area contributed by atoms with E-state index in [4.69, 9.17) is 9.72 Å². The number of unbranched alkanes of at least 4 members (excludes halogenated alkanes) is 3. The number of anilines is 1. The van der Waals surface area contributed by atoms with Gasteiger partial charge in [0.25, 0.3) is 0 Å². The molecule has 0 saturated carbocycles. The first-order chi connectivity index (χ1) is 14.7. The Morgan fingerprint density at radius 3 is 2.83 bits per heavy atom. The first-order valence-corrected chi connectivity index (χ1v) is 11.3. The Morgan fingerprint density at radius 2 is 1.93 bits per heavy atom. The predicted molar refractivity (Wildman–Crippen MR) is 116 cm³/mol. The highest BCUT2D eigenvalue weighted by molar-refractivity contribution is 5.67. The Balaban J connectivity index is 1.22. The first-order valence-electron chi connectivity index (χ1n) is 11.3. The van der Waals surface area contributed by atoms with E-state index in [1.807, 2.05) is 12.1 Å². The molecule has 0 aromatic carbocycles. The fourth-order valence-electron chi connectivity index (χ4n) is 4.41. The molecule has 160 valence electrons. The largest absolute Gasteiger partial charge is 0.481 e. The molecule has 1 unspecified atom stereocenters. The highest BCUT2D eigenvalue weighted by Crippen LogP contribution is 2.30. The van der Waals surface area contributed by atoms with E-state index in [1.54, 1.807) is 0 Å². The molecule has 4 heterocycles. The van der Waals surface area contributed by atoms with E-state index in [-0.39, 0.29) is 12.3 Å². The standard InChI is InChI=1S/C24H31N3O3/c28-22(29)16-19(21-12-10-18-13-15-30-24(18)27-21)6-3-1-2-4-8-20-11-9-17-7-5-14-25-23(17)26-20/h9-12,19H,1-8,13-16H2,(H,25,26)(H,28,29). The molecule has 0 radical (unpaired) electrons. The van der Waals surface area contributed by atoms with Crippen LogP contribution in [0.2, 0.25) is 0 Å². The maximum atomic E-state index is 11.3. The lowest BCUT2D eigenvalue weighted by Gasteiger charge is -2.17. The first kappa shape index (κ1) is 20.6. The van der Waals surface area contributed by atoms with Gasteiger partial charge in [0, 0.05) is 35.8 Å². The zero-order valence-corrected chi connectivity index (χ0v) is 17.5. The Morgan fingerprint density at radius 1 is 1.07 bits per heavy atom. The summed E-state index contributed by atoms with van der Waals surface area (Å²) in [6.07, 6.45) is 9.52. The van der Waals surface area contributed by atoms with Crippen molar-refractivity contribution in [3.05, 3.63) is 46.8 Å². The van der Waals surface area contributed by atoms with Gasteiger partial charge in [-0.25, -0.2) is 9.97 Å². The number of carboxylic acids is 1. The molecule has 0 spiro atoms. The van der Waals surface area contributed by atoms with E-state index in [0.29, 0.717) is 12.5 Å². The van der Waals surface area contributed by atoms with E-state index in [1.165, 1.54) is 12.0 Å². The Kier molecular flexibility index (Phi) is 6.82. The minimum Gasteiger partial charge on any atom is -0.481 e. The lowest BCUT2D eigenvalue weighted by Crippen LogP contribution is -2.13. The summed E-state index contributed by atoms with van der Waals surface area (Å²) in [5.41, 5.74) is 4.47. The van der Waals surface area contributed by atoms with Gasteiger partial charge in [-0.3, -0.25) is 4.79 Å². The Bertz CT molecular complexity index is 884. The molecule has 2 aromatic rings. The molecule has 2 N–H and O–H groups in total. The van der Waals surface area contributed by atoms with Crippen LogP contribution >= 0.6 is 0 Å². The minimum absolute atomic E-state index is 0.0506. The molecule has 0 aliphatic carbocycles. The van der Waals surface area contributed by atoms with E-state index < -0.39 is 5.97 Å². The molecule has 1 atom stereocenters. The summed E-state index contributed by atoms with van der Waals surface area (Å²) in [5.74, 6) is 0.941. The number of hydrogen-bond acceptors (Lipinski definition) is 5. The summed E-state index contributed by atoms with van der Waals surface area (Å²) < 4.78 is 5.56. The fourth-order valence-corrected chi connectivity index (χ4v) is 4.41. The number of nitrogens with zero attached hydrogens (tertiary/aromatic N) is 2. The van der Waals surface area contributed by atoms with E-state index in [2.05, 4.69) is 22.4 Å². The number of pyridine rings is 2. The molecule has 0 fully saturated rings. The number of carbonyl (C=O) groups is 1. The molecule has 0 amide bonds. The van der Waals surface area contributed by atoms with E-state index in [9.17, 15) is 9.90 Å². The smallest absolute Gasteiger partial charge is 0.304 e. The van der Waals surface area contributed by atoms with Crippen LogP contribution in [-0.2, 0) is 24.1 Å². The fraction of sp³-hybridized carbons (Fsp3) is 0.542. The van der Waals surface area contributed by atoms with Gasteiger partial charge in [-0.2, -0.15) is 0 Å². The second-order valence-corrected chi connectivity index (χ2v) is 8.39. The van der Waals surface area contributed by atoms with Gasteiger partial charge >= 0.3 is 5.97 Å². The summed E-state index contributed by atoms with van der Waals surface area (Å²) in [4.78, 5) is 20.7. The lowest BCUT2D eigenvalue weighted by atomic mass is 9.93. The number of hydrogen-bond donors (Lipinski definition) is 2. The van der Waals surface area contributed by atoms with Crippen molar-refractivity contribution < 1.29 is 14.6 Å². The van der Waals surface area contributed by atoms with Crippen LogP contribution in [0.1, 0.15) is 73.4 Å². The predicted octanol–water partition coefficient (Wildman–Crippen LogP) is 4.52. The van der Waals surface area contributed by atoms with Crippen LogP contribution in [0.5, 0.6) is 5.88 Å². The van der Waals surface area contributed by atoms with Gasteiger partial charge in [0.15, 0.2) is 0 Å². The second-order valence-electron chi connectivity index (χ2n) is 8.39. The zero-order chi connectivity index (χ0) is 20.8. The molecule has 2 aromatic heterocycles. The maximum Gasteiger partial charge on any atom is 0.304 e. The third-order valence-corrected chi connectivity index (χ3v) is 6.10. The van der Waals surface area contributed by atoms with E-state index >= 15 is 0 Å². The average Bonchev–Trinajstić information content (AvgIpc) is 3.23. The second kappa shape index (κ2) is 9.92. The average molecular weight is 410 g/mol. The van der Waals surface area contributed by atoms with Gasteiger partial charge in [-0.1, -0.05) is 31.4 Å². The quantitative estimate of drug-likeness (QED) is 0.561. The molecule has 30 heavy (non-hydrogen) atoms. The zero-order valence-electron chi connectivity index (χ0n) is 17.5. The van der Waals surface area contributed by atoms with Gasteiger partial charge in [0.05, 0.1) is 13.0 Å². The van der Waals surface area contributed by atoms with Crippen molar-refractivity contribution in [2.24, 2.45) is 0 Å². The van der Waals surface area contributed by atoms with Crippen molar-refractivity contribution >= 4 is 11.8 Å². The lowest BCUT2D eigenvalue weighted by molar-refractivity contribution is -0.137. The van der Waals surface area contributed by atoms with Crippen molar-refractivity contribution in [2.45, 2.75) is 70.1 Å². The third-order valence-electron chi connectivity index (χ3n) is 6.10. The van der Waals surface area contributed by atoms with Crippen molar-refractivity contribution in [1.82, 2.24) is 9.97 Å². The number of nitrogens with one attached hydrogen (secondary N) is 1. The highest BCUT2D eigenvalue weighted by Gasteiger charge is 2.21. The topological polar surface area (TPSA) is 84.3 Å². The Labute approximate surface area is 178 Å². The van der Waals surface area contributed by atoms with Gasteiger partial charge in [0.1, 0.15) is 5.82 Å². The summed E-state index contributed by atoms with van der Waals surface area (Å²) >= 11 is 0. The van der Waals surface area contributed by atoms with Crippen molar-refractivity contribution in [2.75, 3.05) is 18.5 Å².